The summed E-state index contributed by atoms with van der Waals surface area (Å²) >= 11 is 0. The number of aromatic nitrogens is 1. The van der Waals surface area contributed by atoms with Gasteiger partial charge in [0.1, 0.15) is 18.2 Å². The molecule has 0 aromatic carbocycles. The lowest BCUT2D eigenvalue weighted by molar-refractivity contribution is 0.354. The molecule has 0 amide bonds. The van der Waals surface area contributed by atoms with Gasteiger partial charge in [-0.05, 0) is 67.4 Å². The SMILES string of the molecule is C1=CCCC(C2NC(C3=C\CC/C=C(C4=CC=CCN4)/C=C\3)=NC(C3C=CC(c4ccc(C5=C6NCC=CC6CC=C5)cn4)=CC3)N2)=C1. The first-order valence-corrected chi connectivity index (χ1v) is 17.6. The first-order valence-electron chi connectivity index (χ1n) is 17.6. The average molecular weight is 633 g/mol. The maximum Gasteiger partial charge on any atom is 0.131 e. The van der Waals surface area contributed by atoms with E-state index < -0.39 is 0 Å². The van der Waals surface area contributed by atoms with Crippen LogP contribution in [-0.2, 0) is 0 Å². The van der Waals surface area contributed by atoms with Gasteiger partial charge >= 0.3 is 0 Å². The first-order chi connectivity index (χ1) is 23.8. The molecule has 8 rings (SSSR count). The highest BCUT2D eigenvalue weighted by Gasteiger charge is 2.31. The van der Waals surface area contributed by atoms with E-state index in [4.69, 9.17) is 9.98 Å². The zero-order valence-corrected chi connectivity index (χ0v) is 27.4. The Kier molecular flexibility index (Phi) is 8.89. The topological polar surface area (TPSA) is 73.4 Å². The molecule has 1 aromatic rings. The number of allylic oxidation sites excluding steroid dienone is 15. The third-order valence-electron chi connectivity index (χ3n) is 10.1. The van der Waals surface area contributed by atoms with Crippen molar-refractivity contribution >= 4 is 17.0 Å². The van der Waals surface area contributed by atoms with Crippen LogP contribution >= 0.6 is 0 Å². The van der Waals surface area contributed by atoms with E-state index in [9.17, 15) is 0 Å². The molecule has 48 heavy (non-hydrogen) atoms. The van der Waals surface area contributed by atoms with Gasteiger partial charge in [-0.1, -0.05) is 103 Å². The van der Waals surface area contributed by atoms with Crippen molar-refractivity contribution in [2.75, 3.05) is 13.1 Å². The molecule has 0 bridgehead atoms. The molecular formula is C42H44N6. The number of pyridine rings is 1. The van der Waals surface area contributed by atoms with Gasteiger partial charge in [0.05, 0.1) is 5.69 Å². The zero-order valence-electron chi connectivity index (χ0n) is 27.4. The molecule has 4 aliphatic carbocycles. The van der Waals surface area contributed by atoms with Crippen LogP contribution in [0.15, 0.2) is 155 Å². The van der Waals surface area contributed by atoms with Crippen molar-refractivity contribution in [3.8, 4) is 0 Å². The standard InChI is InChI=1S/C42H44N6/c1-2-11-32(12-3-1)40-46-41(33-13-5-4-10-29(18-21-33)37-17-6-7-26-43-37)48-42(47-40)34-22-19-30(20-23-34)38-25-24-35(28-45-38)36-16-8-14-31-15-9-27-44-39(31)36/h1-2,6-11,13,15-22,24-25,28,31,34,40,42-44,47H,3-5,12,14,23,26-27H2,(H,46,48)/b21-18-,29-10-,33-13-. The van der Waals surface area contributed by atoms with Crippen LogP contribution in [0.1, 0.15) is 49.8 Å². The zero-order chi connectivity index (χ0) is 32.1. The van der Waals surface area contributed by atoms with Gasteiger partial charge < -0.3 is 16.0 Å². The molecule has 0 radical (unpaired) electrons. The molecule has 0 spiro atoms. The number of aliphatic imine (C=N–C) groups is 1. The van der Waals surface area contributed by atoms with Crippen molar-refractivity contribution in [3.05, 3.63) is 161 Å². The van der Waals surface area contributed by atoms with E-state index in [1.165, 1.54) is 33.7 Å². The molecule has 4 atom stereocenters. The lowest BCUT2D eigenvalue weighted by Gasteiger charge is -2.37. The molecule has 4 heterocycles. The Morgan fingerprint density at radius 1 is 0.729 bits per heavy atom. The Balaban J connectivity index is 1.01. The van der Waals surface area contributed by atoms with Gasteiger partial charge in [-0.15, -0.1) is 0 Å². The quantitative estimate of drug-likeness (QED) is 0.249. The van der Waals surface area contributed by atoms with Crippen LogP contribution in [0.4, 0.5) is 0 Å². The van der Waals surface area contributed by atoms with Gasteiger partial charge in [-0.2, -0.15) is 0 Å². The second-order valence-electron chi connectivity index (χ2n) is 13.2. The van der Waals surface area contributed by atoms with E-state index in [0.29, 0.717) is 5.92 Å². The summed E-state index contributed by atoms with van der Waals surface area (Å²) in [6.07, 6.45) is 46.3. The maximum atomic E-state index is 5.33. The van der Waals surface area contributed by atoms with Crippen molar-refractivity contribution in [3.63, 3.8) is 0 Å². The predicted molar refractivity (Wildman–Crippen MR) is 198 cm³/mol. The summed E-state index contributed by atoms with van der Waals surface area (Å²) in [5.74, 6) is 1.66. The van der Waals surface area contributed by atoms with Crippen LogP contribution in [0.5, 0.6) is 0 Å². The summed E-state index contributed by atoms with van der Waals surface area (Å²) in [6.45, 7) is 1.76. The average Bonchev–Trinajstić information content (AvgIpc) is 3.15. The Morgan fingerprint density at radius 3 is 2.44 bits per heavy atom. The van der Waals surface area contributed by atoms with Crippen LogP contribution in [0.2, 0.25) is 0 Å². The maximum absolute atomic E-state index is 5.33. The lowest BCUT2D eigenvalue weighted by Crippen LogP contribution is -2.57. The second kappa shape index (κ2) is 14.0. The van der Waals surface area contributed by atoms with Crippen LogP contribution in [-0.4, -0.2) is 36.2 Å². The molecule has 0 fully saturated rings. The monoisotopic (exact) mass is 632 g/mol. The molecule has 0 saturated heterocycles. The van der Waals surface area contributed by atoms with Crippen molar-refractivity contribution < 1.29 is 0 Å². The highest BCUT2D eigenvalue weighted by molar-refractivity contribution is 6.01. The third kappa shape index (κ3) is 6.58. The summed E-state index contributed by atoms with van der Waals surface area (Å²) in [5, 5.41) is 14.8. The number of fused-ring (bicyclic) bond motifs is 1. The smallest absolute Gasteiger partial charge is 0.131 e. The first kappa shape index (κ1) is 30.4. The van der Waals surface area contributed by atoms with Crippen molar-refractivity contribution in [1.29, 1.82) is 0 Å². The van der Waals surface area contributed by atoms with Crippen LogP contribution in [0.3, 0.4) is 0 Å². The second-order valence-corrected chi connectivity index (χ2v) is 13.2. The molecule has 4 N–H and O–H groups in total. The highest BCUT2D eigenvalue weighted by atomic mass is 15.3. The van der Waals surface area contributed by atoms with Gasteiger partial charge in [-0.25, -0.2) is 4.99 Å². The summed E-state index contributed by atoms with van der Waals surface area (Å²) in [6, 6.07) is 4.38. The number of nitrogens with one attached hydrogen (secondary N) is 4. The van der Waals surface area contributed by atoms with E-state index in [2.05, 4.69) is 137 Å². The summed E-state index contributed by atoms with van der Waals surface area (Å²) < 4.78 is 0. The Morgan fingerprint density at radius 2 is 1.62 bits per heavy atom. The Bertz CT molecular complexity index is 1830. The molecular weight excluding hydrogens is 589 g/mol. The number of amidine groups is 1. The normalized spacial score (nSPS) is 30.8. The van der Waals surface area contributed by atoms with Gasteiger partial charge in [0, 0.05) is 59.2 Å². The largest absolute Gasteiger partial charge is 0.384 e. The molecule has 6 heteroatoms. The number of hydrogen-bond acceptors (Lipinski definition) is 6. The molecule has 7 aliphatic rings. The number of hydrogen-bond donors (Lipinski definition) is 4. The summed E-state index contributed by atoms with van der Waals surface area (Å²) in [4.78, 5) is 10.3. The Labute approximate surface area is 284 Å². The molecule has 242 valence electrons. The van der Waals surface area contributed by atoms with Crippen molar-refractivity contribution in [2.24, 2.45) is 16.8 Å². The number of rotatable bonds is 6. The van der Waals surface area contributed by atoms with Crippen LogP contribution in [0.25, 0.3) is 11.1 Å². The minimum atomic E-state index is -0.0402. The van der Waals surface area contributed by atoms with Crippen LogP contribution in [0, 0.1) is 11.8 Å². The van der Waals surface area contributed by atoms with Gasteiger partial charge in [0.25, 0.3) is 0 Å². The van der Waals surface area contributed by atoms with E-state index in [1.807, 2.05) is 6.20 Å². The lowest BCUT2D eigenvalue weighted by atomic mass is 9.87. The van der Waals surface area contributed by atoms with Gasteiger partial charge in [0.15, 0.2) is 0 Å². The summed E-state index contributed by atoms with van der Waals surface area (Å²) in [7, 11) is 0. The minimum Gasteiger partial charge on any atom is -0.384 e. The molecule has 1 aromatic heterocycles. The highest BCUT2D eigenvalue weighted by Crippen LogP contribution is 2.33. The molecule has 6 nitrogen and oxygen atoms in total. The third-order valence-corrected chi connectivity index (χ3v) is 10.1. The van der Waals surface area contributed by atoms with Gasteiger partial charge in [0.2, 0.25) is 0 Å². The van der Waals surface area contributed by atoms with Crippen molar-refractivity contribution in [2.45, 2.75) is 50.9 Å². The molecule has 3 aliphatic heterocycles. The molecule has 4 unspecified atom stereocenters. The number of nitrogens with zero attached hydrogens (tertiary/aromatic N) is 2. The van der Waals surface area contributed by atoms with E-state index >= 15 is 0 Å². The fraction of sp³-hybridized carbons (Fsp3) is 0.286. The minimum absolute atomic E-state index is 0.0402. The summed E-state index contributed by atoms with van der Waals surface area (Å²) in [5.41, 5.74) is 10.9. The Hall–Kier alpha value is -4.94. The molecule has 0 saturated carbocycles. The van der Waals surface area contributed by atoms with Gasteiger partial charge in [-0.3, -0.25) is 10.3 Å². The number of dihydropyridines is 1. The fourth-order valence-electron chi connectivity index (χ4n) is 7.41. The van der Waals surface area contributed by atoms with E-state index in [1.54, 1.807) is 0 Å². The predicted octanol–water partition coefficient (Wildman–Crippen LogP) is 7.25. The van der Waals surface area contributed by atoms with E-state index in [0.717, 1.165) is 74.3 Å². The van der Waals surface area contributed by atoms with E-state index in [-0.39, 0.29) is 18.2 Å². The van der Waals surface area contributed by atoms with Crippen LogP contribution < -0.4 is 21.3 Å². The fourth-order valence-corrected chi connectivity index (χ4v) is 7.41. The van der Waals surface area contributed by atoms with Crippen molar-refractivity contribution in [1.82, 2.24) is 26.3 Å².